The number of carboxylic acids is 2. The van der Waals surface area contributed by atoms with E-state index in [9.17, 15) is 9.59 Å². The average molecular weight is 868 g/mol. The van der Waals surface area contributed by atoms with Gasteiger partial charge in [-0.15, -0.1) is 0 Å². The third kappa shape index (κ3) is 19.0. The van der Waals surface area contributed by atoms with E-state index < -0.39 is 25.2 Å². The number of halogens is 2. The summed E-state index contributed by atoms with van der Waals surface area (Å²) >= 11 is 15.4. The van der Waals surface area contributed by atoms with Crippen LogP contribution in [0.15, 0.2) is 82.6 Å². The van der Waals surface area contributed by atoms with E-state index in [0.29, 0.717) is 39.3 Å². The van der Waals surface area contributed by atoms with Gasteiger partial charge in [0.25, 0.3) is 0 Å². The maximum Gasteiger partial charge on any atom is 0.341 e. The highest BCUT2D eigenvalue weighted by molar-refractivity contribution is 7.97. The molecule has 0 aliphatic rings. The van der Waals surface area contributed by atoms with Crippen molar-refractivity contribution in [2.24, 2.45) is 0 Å². The number of rotatable bonds is 17. The van der Waals surface area contributed by atoms with Gasteiger partial charge >= 0.3 is 11.9 Å². The summed E-state index contributed by atoms with van der Waals surface area (Å²) in [6.45, 7) is 15.0. The quantitative estimate of drug-likeness (QED) is 0.0535. The first-order chi connectivity index (χ1) is 27.9. The number of hydrogen-bond donors (Lipinski definition) is 3. The molecule has 4 rings (SSSR count). The van der Waals surface area contributed by atoms with Gasteiger partial charge in [0.05, 0.1) is 17.7 Å². The first-order valence-electron chi connectivity index (χ1n) is 18.8. The first-order valence-corrected chi connectivity index (χ1v) is 21.1. The van der Waals surface area contributed by atoms with Gasteiger partial charge in [-0.2, -0.15) is 0 Å². The third-order valence-electron chi connectivity index (χ3n) is 7.45. The maximum atomic E-state index is 10.8. The Morgan fingerprint density at radius 3 is 1.59 bits per heavy atom. The summed E-state index contributed by atoms with van der Waals surface area (Å²) in [5.41, 5.74) is 5.02. The van der Waals surface area contributed by atoms with Crippen LogP contribution < -0.4 is 14.2 Å². The molecule has 0 atom stereocenters. The van der Waals surface area contributed by atoms with Gasteiger partial charge in [0.15, 0.2) is 13.2 Å². The van der Waals surface area contributed by atoms with E-state index in [1.165, 1.54) is 11.9 Å². The molecule has 9 nitrogen and oxygen atoms in total. The minimum Gasteiger partial charge on any atom is -0.481 e. The zero-order valence-corrected chi connectivity index (χ0v) is 37.2. The molecule has 58 heavy (non-hydrogen) atoms. The summed E-state index contributed by atoms with van der Waals surface area (Å²) in [4.78, 5) is 23.7. The average Bonchev–Trinajstić information content (AvgIpc) is 3.20. The van der Waals surface area contributed by atoms with Crippen LogP contribution in [0.3, 0.4) is 0 Å². The molecule has 4 aromatic carbocycles. The molecule has 0 fully saturated rings. The van der Waals surface area contributed by atoms with E-state index in [1.807, 2.05) is 45.9 Å². The summed E-state index contributed by atoms with van der Waals surface area (Å²) in [6, 6.07) is 22.2. The molecule has 0 aliphatic carbocycles. The number of hydrogen-bond acceptors (Lipinski definition) is 9. The van der Waals surface area contributed by atoms with Crippen molar-refractivity contribution in [3.8, 4) is 35.2 Å². The van der Waals surface area contributed by atoms with Crippen molar-refractivity contribution >= 4 is 59.0 Å². The minimum absolute atomic E-state index is 0.388. The van der Waals surface area contributed by atoms with Crippen LogP contribution in [0.2, 0.25) is 10.0 Å². The van der Waals surface area contributed by atoms with E-state index in [1.54, 1.807) is 55.5 Å². The van der Waals surface area contributed by atoms with Crippen molar-refractivity contribution in [2.75, 3.05) is 46.6 Å². The van der Waals surface area contributed by atoms with Gasteiger partial charge in [0, 0.05) is 57.7 Å². The number of nitrogens with zero attached hydrogens (tertiary/aromatic N) is 1. The molecule has 0 saturated heterocycles. The number of nitrogens with one attached hydrogen (secondary N) is 1. The lowest BCUT2D eigenvalue weighted by molar-refractivity contribution is -0.140. The number of carboxylic acid groups (broad SMARTS) is 2. The van der Waals surface area contributed by atoms with Crippen molar-refractivity contribution in [1.82, 2.24) is 9.03 Å². The fourth-order valence-corrected chi connectivity index (χ4v) is 6.88. The molecule has 0 bridgehead atoms. The van der Waals surface area contributed by atoms with Gasteiger partial charge in [-0.25, -0.2) is 13.9 Å². The van der Waals surface area contributed by atoms with E-state index in [2.05, 4.69) is 64.8 Å². The van der Waals surface area contributed by atoms with Crippen LogP contribution in [0.1, 0.15) is 73.9 Å². The van der Waals surface area contributed by atoms with Crippen LogP contribution in [0.25, 0.3) is 0 Å². The van der Waals surface area contributed by atoms with Crippen LogP contribution in [-0.2, 0) is 14.3 Å². The monoisotopic (exact) mass is 866 g/mol. The normalized spacial score (nSPS) is 10.1. The molecule has 0 unspecified atom stereocenters. The van der Waals surface area contributed by atoms with Crippen molar-refractivity contribution < 1.29 is 34.0 Å². The van der Waals surface area contributed by atoms with E-state index in [4.69, 9.17) is 47.6 Å². The van der Waals surface area contributed by atoms with Gasteiger partial charge in [0.2, 0.25) is 0 Å². The van der Waals surface area contributed by atoms with Gasteiger partial charge in [-0.05, 0) is 122 Å². The second kappa shape index (κ2) is 28.2. The number of aryl methyl sites for hydroxylation is 2. The van der Waals surface area contributed by atoms with Gasteiger partial charge in [-0.3, -0.25) is 4.72 Å². The number of benzene rings is 4. The van der Waals surface area contributed by atoms with Crippen LogP contribution in [0.4, 0.5) is 0 Å². The fourth-order valence-electron chi connectivity index (χ4n) is 4.72. The SMILES string of the molecule is CC.CCCN(CCC)Sc1ccc(C)c(C#Cc2cc(Cl)ccc2OCC(=O)O)c1.COCCNSc1ccc(C)c(C#Cc2cc(Cl)ccc2OCC(=O)O)c1. The molecule has 0 aromatic heterocycles. The molecule has 0 radical (unpaired) electrons. The van der Waals surface area contributed by atoms with E-state index in [0.717, 1.165) is 64.5 Å². The second-order valence-electron chi connectivity index (χ2n) is 12.1. The van der Waals surface area contributed by atoms with Crippen molar-refractivity contribution in [2.45, 2.75) is 64.2 Å². The van der Waals surface area contributed by atoms with Crippen LogP contribution in [0, 0.1) is 37.5 Å². The highest BCUT2D eigenvalue weighted by Gasteiger charge is 2.09. The Balaban J connectivity index is 0.000000385. The summed E-state index contributed by atoms with van der Waals surface area (Å²) in [5.74, 6) is 11.2. The molecule has 13 heteroatoms. The Labute approximate surface area is 362 Å². The molecule has 0 aliphatic heterocycles. The summed E-state index contributed by atoms with van der Waals surface area (Å²) in [7, 11) is 1.66. The summed E-state index contributed by atoms with van der Waals surface area (Å²) in [6.07, 6.45) is 2.22. The third-order valence-corrected chi connectivity index (χ3v) is 9.84. The second-order valence-corrected chi connectivity index (χ2v) is 15.1. The summed E-state index contributed by atoms with van der Waals surface area (Å²) < 4.78 is 21.2. The first kappa shape index (κ1) is 49.8. The van der Waals surface area contributed by atoms with Gasteiger partial charge < -0.3 is 24.4 Å². The molecule has 0 amide bonds. The van der Waals surface area contributed by atoms with Crippen LogP contribution in [0.5, 0.6) is 11.5 Å². The molecule has 4 aromatic rings. The predicted molar refractivity (Wildman–Crippen MR) is 239 cm³/mol. The molecule has 3 N–H and O–H groups in total. The Bertz CT molecular complexity index is 2050. The topological polar surface area (TPSA) is 118 Å². The fraction of sp³-hybridized carbons (Fsp3) is 0.333. The van der Waals surface area contributed by atoms with E-state index in [-0.39, 0.29) is 0 Å². The lowest BCUT2D eigenvalue weighted by Crippen LogP contribution is -2.17. The van der Waals surface area contributed by atoms with Gasteiger partial charge in [-0.1, -0.05) is 86.7 Å². The molecule has 310 valence electrons. The van der Waals surface area contributed by atoms with Crippen LogP contribution in [-0.4, -0.2) is 73.0 Å². The molecular formula is C45H52Cl2N2O7S2. The highest BCUT2D eigenvalue weighted by Crippen LogP contribution is 2.27. The maximum absolute atomic E-state index is 10.8. The number of ether oxygens (including phenoxy) is 3. The lowest BCUT2D eigenvalue weighted by atomic mass is 10.1. The number of carbonyl (C=O) groups is 2. The number of methoxy groups -OCH3 is 1. The molecule has 0 spiro atoms. The molecular weight excluding hydrogens is 816 g/mol. The van der Waals surface area contributed by atoms with Crippen molar-refractivity contribution in [1.29, 1.82) is 0 Å². The van der Waals surface area contributed by atoms with Crippen molar-refractivity contribution in [3.63, 3.8) is 0 Å². The Kier molecular flexibility index (Phi) is 24.2. The summed E-state index contributed by atoms with van der Waals surface area (Å²) in [5, 5.41) is 18.7. The molecule has 0 saturated carbocycles. The lowest BCUT2D eigenvalue weighted by Gasteiger charge is -2.19. The van der Waals surface area contributed by atoms with Crippen molar-refractivity contribution in [3.05, 3.63) is 116 Å². The standard InChI is InChI=1S/C23H26ClNO3S.C20H20ClNO4S.C2H6/c1-4-12-25(13-5-2)29-21-10-6-17(3)18(15-21)7-8-19-14-20(24)9-11-22(19)28-16-23(26)27;1-14-3-7-18(27-22-9-10-25-2)12-15(14)4-5-16-11-17(21)6-8-19(16)26-13-20(23)24;1-2/h6,9-11,14-15H,4-5,12-13,16H2,1-3H3,(H,26,27);3,6-8,11-12,22H,9-10,13H2,1-2H3,(H,23,24);1-2H3. The Morgan fingerprint density at radius 1 is 0.690 bits per heavy atom. The predicted octanol–water partition coefficient (Wildman–Crippen LogP) is 10.4. The number of aliphatic carboxylic acids is 2. The zero-order chi connectivity index (χ0) is 42.9. The zero-order valence-electron chi connectivity index (χ0n) is 34.0. The Hall–Kier alpha value is -4.30. The van der Waals surface area contributed by atoms with Gasteiger partial charge in [0.1, 0.15) is 11.5 Å². The smallest absolute Gasteiger partial charge is 0.341 e. The highest BCUT2D eigenvalue weighted by atomic mass is 35.5. The Morgan fingerprint density at radius 2 is 1.14 bits per heavy atom. The van der Waals surface area contributed by atoms with E-state index >= 15 is 0 Å². The minimum atomic E-state index is -1.05. The molecule has 0 heterocycles. The van der Waals surface area contributed by atoms with Crippen LogP contribution >= 0.6 is 47.1 Å². The largest absolute Gasteiger partial charge is 0.481 e.